The standard InChI is InChI=1S/C17H29Si.3C7H7.Ti/c1-13-11-14(12-18(5,6)17(2,3)4)16-10-8-7-9-15(13)16;3*1-7-5-3-2-4-6-7;/h14H,7-10,12H2,1-6H3;3*2-6H,1H2;/q4*-1;+4. The molecular formula is C38H50SiTi. The van der Waals surface area contributed by atoms with Gasteiger partial charge >= 0.3 is 21.7 Å². The third-order valence-electron chi connectivity index (χ3n) is 8.05. The van der Waals surface area contributed by atoms with Crippen LogP contribution in [0.3, 0.4) is 0 Å². The molecule has 2 heteroatoms. The molecule has 0 saturated carbocycles. The Morgan fingerprint density at radius 1 is 0.700 bits per heavy atom. The van der Waals surface area contributed by atoms with Crippen molar-refractivity contribution >= 4 is 8.07 Å². The summed E-state index contributed by atoms with van der Waals surface area (Å²) in [7, 11) is -1.19. The Balaban J connectivity index is 0.000000300. The maximum atomic E-state index is 3.80. The van der Waals surface area contributed by atoms with E-state index in [9.17, 15) is 0 Å². The summed E-state index contributed by atoms with van der Waals surface area (Å²) in [5, 5.41) is 0.501. The molecule has 210 valence electrons. The van der Waals surface area contributed by atoms with E-state index in [0.29, 0.717) is 11.0 Å². The molecule has 0 aromatic heterocycles. The van der Waals surface area contributed by atoms with Crippen molar-refractivity contribution in [1.29, 1.82) is 0 Å². The van der Waals surface area contributed by atoms with E-state index < -0.39 is 8.07 Å². The van der Waals surface area contributed by atoms with Crippen molar-refractivity contribution in [2.24, 2.45) is 5.92 Å². The Labute approximate surface area is 263 Å². The summed E-state index contributed by atoms with van der Waals surface area (Å²) >= 11 is 0. The Kier molecular flexibility index (Phi) is 15.6. The number of rotatable bonds is 2. The number of hydrogen-bond acceptors (Lipinski definition) is 0. The van der Waals surface area contributed by atoms with Gasteiger partial charge in [0, 0.05) is 0 Å². The molecule has 3 aromatic rings. The van der Waals surface area contributed by atoms with Gasteiger partial charge in [-0.2, -0.15) is 85.0 Å². The molecule has 0 radical (unpaired) electrons. The molecule has 0 fully saturated rings. The van der Waals surface area contributed by atoms with Crippen molar-refractivity contribution < 1.29 is 21.7 Å². The maximum absolute atomic E-state index is 3.80. The van der Waals surface area contributed by atoms with Crippen LogP contribution >= 0.6 is 0 Å². The fraction of sp³-hybridized carbons (Fsp3) is 0.342. The summed E-state index contributed by atoms with van der Waals surface area (Å²) in [5.74, 6) is 0.668. The molecule has 0 heterocycles. The fourth-order valence-electron chi connectivity index (χ4n) is 4.60. The summed E-state index contributed by atoms with van der Waals surface area (Å²) in [6.07, 6.45) is 9.27. The first-order valence-electron chi connectivity index (χ1n) is 14.3. The van der Waals surface area contributed by atoms with Gasteiger partial charge in [0.15, 0.2) is 0 Å². The normalized spacial score (nSPS) is 15.8. The first kappa shape index (κ1) is 35.7. The van der Waals surface area contributed by atoms with Crippen LogP contribution in [0.1, 0.15) is 70.1 Å². The first-order chi connectivity index (χ1) is 18.4. The summed E-state index contributed by atoms with van der Waals surface area (Å²) in [6.45, 7) is 25.9. The largest absolute Gasteiger partial charge is 4.00 e. The second-order valence-corrected chi connectivity index (χ2v) is 18.0. The first-order valence-corrected chi connectivity index (χ1v) is 17.5. The van der Waals surface area contributed by atoms with Crippen LogP contribution in [0.4, 0.5) is 0 Å². The van der Waals surface area contributed by atoms with Crippen LogP contribution in [-0.2, 0) is 21.7 Å². The van der Waals surface area contributed by atoms with Crippen molar-refractivity contribution in [3.05, 3.63) is 151 Å². The second kappa shape index (κ2) is 17.5. The maximum Gasteiger partial charge on any atom is 4.00 e. The van der Waals surface area contributed by atoms with Crippen LogP contribution in [0.5, 0.6) is 0 Å². The third-order valence-corrected chi connectivity index (χ3v) is 13.5. The fourth-order valence-corrected chi connectivity index (χ4v) is 6.58. The van der Waals surface area contributed by atoms with E-state index in [0.717, 1.165) is 16.7 Å². The van der Waals surface area contributed by atoms with Crippen LogP contribution in [0.2, 0.25) is 24.2 Å². The van der Waals surface area contributed by atoms with E-state index in [-0.39, 0.29) is 21.7 Å². The van der Waals surface area contributed by atoms with Gasteiger partial charge in [0.2, 0.25) is 0 Å². The molecule has 2 aliphatic rings. The van der Waals surface area contributed by atoms with E-state index in [1.165, 1.54) is 37.3 Å². The second-order valence-electron chi connectivity index (χ2n) is 12.3. The van der Waals surface area contributed by atoms with Gasteiger partial charge in [-0.1, -0.05) is 90.2 Å². The molecular weight excluding hydrogens is 532 g/mol. The Morgan fingerprint density at radius 2 is 1.07 bits per heavy atom. The summed E-state index contributed by atoms with van der Waals surface area (Å²) < 4.78 is 0. The number of benzene rings is 3. The molecule has 40 heavy (non-hydrogen) atoms. The van der Waals surface area contributed by atoms with Gasteiger partial charge in [0.1, 0.15) is 0 Å². The minimum Gasteiger partial charge on any atom is -0.266 e. The molecule has 0 aliphatic heterocycles. The van der Waals surface area contributed by atoms with Crippen LogP contribution in [0, 0.1) is 32.8 Å². The van der Waals surface area contributed by atoms with Crippen molar-refractivity contribution in [1.82, 2.24) is 0 Å². The van der Waals surface area contributed by atoms with Crippen molar-refractivity contribution in [2.75, 3.05) is 0 Å². The van der Waals surface area contributed by atoms with Crippen molar-refractivity contribution in [3.8, 4) is 0 Å². The molecule has 0 N–H and O–H groups in total. The van der Waals surface area contributed by atoms with Crippen LogP contribution in [0.25, 0.3) is 0 Å². The molecule has 1 unspecified atom stereocenters. The van der Waals surface area contributed by atoms with E-state index in [2.05, 4.69) is 67.6 Å². The van der Waals surface area contributed by atoms with Crippen LogP contribution in [-0.4, -0.2) is 8.07 Å². The molecule has 5 rings (SSSR count). The average molecular weight is 583 g/mol. The van der Waals surface area contributed by atoms with Gasteiger partial charge in [0.25, 0.3) is 0 Å². The number of allylic oxidation sites excluding steroid dienone is 4. The quantitative estimate of drug-likeness (QED) is 0.208. The zero-order valence-corrected chi connectivity index (χ0v) is 28.5. The Bertz CT molecular complexity index is 1060. The van der Waals surface area contributed by atoms with Crippen LogP contribution < -0.4 is 0 Å². The van der Waals surface area contributed by atoms with Gasteiger partial charge < -0.3 is 0 Å². The molecule has 0 bridgehead atoms. The van der Waals surface area contributed by atoms with Gasteiger partial charge in [-0.3, -0.25) is 6.08 Å². The van der Waals surface area contributed by atoms with Gasteiger partial charge in [-0.25, -0.2) is 5.57 Å². The molecule has 0 nitrogen and oxygen atoms in total. The Hall–Kier alpha value is -2.32. The van der Waals surface area contributed by atoms with Gasteiger partial charge in [-0.05, 0) is 11.5 Å². The van der Waals surface area contributed by atoms with Crippen molar-refractivity contribution in [3.63, 3.8) is 0 Å². The smallest absolute Gasteiger partial charge is 0.266 e. The van der Waals surface area contributed by atoms with E-state index in [1.54, 1.807) is 11.1 Å². The summed E-state index contributed by atoms with van der Waals surface area (Å²) in [6, 6.07) is 31.0. The van der Waals surface area contributed by atoms with E-state index >= 15 is 0 Å². The zero-order valence-electron chi connectivity index (χ0n) is 25.9. The Morgan fingerprint density at radius 3 is 1.40 bits per heavy atom. The molecule has 2 aliphatic carbocycles. The topological polar surface area (TPSA) is 0 Å². The zero-order chi connectivity index (χ0) is 28.9. The SMILES string of the molecule is CC1=[C-]C(C[Si](C)(C)C(C)(C)C)C2=C1CCCC2.[CH2-]c1ccccc1.[CH2-]c1ccccc1.[CH2-]c1ccccc1.[Ti+4]. The van der Waals surface area contributed by atoms with Gasteiger partial charge in [0.05, 0.1) is 8.07 Å². The van der Waals surface area contributed by atoms with E-state index in [1.807, 2.05) is 91.0 Å². The number of hydrogen-bond donors (Lipinski definition) is 0. The van der Waals surface area contributed by atoms with Gasteiger partial charge in [-0.15, -0.1) is 36.4 Å². The van der Waals surface area contributed by atoms with E-state index in [4.69, 9.17) is 0 Å². The predicted molar refractivity (Wildman–Crippen MR) is 176 cm³/mol. The monoisotopic (exact) mass is 582 g/mol. The molecule has 0 spiro atoms. The summed E-state index contributed by atoms with van der Waals surface area (Å²) in [5.41, 5.74) is 8.15. The average Bonchev–Trinajstić information content (AvgIpc) is 3.20. The minimum absolute atomic E-state index is 0. The molecule has 1 atom stereocenters. The molecule has 0 amide bonds. The third kappa shape index (κ3) is 12.5. The predicted octanol–water partition coefficient (Wildman–Crippen LogP) is 11.3. The van der Waals surface area contributed by atoms with Crippen LogP contribution in [0.15, 0.2) is 108 Å². The summed E-state index contributed by atoms with van der Waals surface area (Å²) in [4.78, 5) is 0. The minimum atomic E-state index is -1.19. The van der Waals surface area contributed by atoms with Crippen molar-refractivity contribution in [2.45, 2.75) is 77.6 Å². The molecule has 0 saturated heterocycles. The molecule has 3 aromatic carbocycles.